The maximum absolute atomic E-state index is 10.9. The topological polar surface area (TPSA) is 93.6 Å². The van der Waals surface area contributed by atoms with Crippen LogP contribution >= 0.6 is 11.8 Å². The fourth-order valence-electron chi connectivity index (χ4n) is 1.45. The summed E-state index contributed by atoms with van der Waals surface area (Å²) in [4.78, 5) is 21.5. The van der Waals surface area contributed by atoms with Gasteiger partial charge in [0.05, 0.1) is 9.82 Å². The lowest BCUT2D eigenvalue weighted by Crippen LogP contribution is -1.92. The zero-order valence-electron chi connectivity index (χ0n) is 9.82. The third-order valence-corrected chi connectivity index (χ3v) is 3.30. The molecule has 0 atom stereocenters. The Hall–Kier alpha value is -2.28. The number of benzene rings is 1. The number of nitrogens with zero attached hydrogens (tertiary/aromatic N) is 1. The fraction of sp³-hybridized carbons (Fsp3) is 0.0833. The summed E-state index contributed by atoms with van der Waals surface area (Å²) in [5, 5.41) is 20.0. The summed E-state index contributed by atoms with van der Waals surface area (Å²) in [6.07, 6.45) is 0. The predicted molar refractivity (Wildman–Crippen MR) is 67.6 cm³/mol. The van der Waals surface area contributed by atoms with Crippen molar-refractivity contribution in [3.8, 4) is 0 Å². The number of hydrogen-bond donors (Lipinski definition) is 1. The summed E-state index contributed by atoms with van der Waals surface area (Å²) in [7, 11) is 0. The molecule has 0 bridgehead atoms. The molecule has 0 aliphatic heterocycles. The molecule has 0 aliphatic rings. The van der Waals surface area contributed by atoms with Gasteiger partial charge in [-0.25, -0.2) is 4.79 Å². The Morgan fingerprint density at radius 3 is 2.68 bits per heavy atom. The number of carboxylic acid groups (broad SMARTS) is 1. The lowest BCUT2D eigenvalue weighted by atomic mass is 10.2. The summed E-state index contributed by atoms with van der Waals surface area (Å²) < 4.78 is 5.05. The van der Waals surface area contributed by atoms with Crippen LogP contribution in [0, 0.1) is 17.0 Å². The Morgan fingerprint density at radius 1 is 1.37 bits per heavy atom. The minimum absolute atomic E-state index is 0.0294. The minimum atomic E-state index is -1.18. The van der Waals surface area contributed by atoms with E-state index in [2.05, 4.69) is 0 Å². The average Bonchev–Trinajstić information content (AvgIpc) is 2.80. The number of aryl methyl sites for hydroxylation is 1. The maximum Gasteiger partial charge on any atom is 0.371 e. The molecule has 0 aliphatic carbocycles. The van der Waals surface area contributed by atoms with Crippen molar-refractivity contribution in [1.29, 1.82) is 0 Å². The van der Waals surface area contributed by atoms with Crippen LogP contribution in [-0.2, 0) is 0 Å². The van der Waals surface area contributed by atoms with Gasteiger partial charge < -0.3 is 9.52 Å². The summed E-state index contributed by atoms with van der Waals surface area (Å²) in [6, 6.07) is 7.60. The molecule has 0 saturated carbocycles. The van der Waals surface area contributed by atoms with Crippen LogP contribution in [0.1, 0.15) is 16.1 Å². The van der Waals surface area contributed by atoms with Crippen molar-refractivity contribution in [1.82, 2.24) is 0 Å². The first-order valence-corrected chi connectivity index (χ1v) is 6.05. The molecule has 1 heterocycles. The highest BCUT2D eigenvalue weighted by Crippen LogP contribution is 2.36. The molecule has 7 heteroatoms. The first-order chi connectivity index (χ1) is 8.97. The number of rotatable bonds is 4. The number of carbonyl (C=O) groups is 1. The van der Waals surface area contributed by atoms with Gasteiger partial charge in [-0.3, -0.25) is 10.1 Å². The van der Waals surface area contributed by atoms with Gasteiger partial charge in [0.15, 0.2) is 5.09 Å². The summed E-state index contributed by atoms with van der Waals surface area (Å²) >= 11 is 1.02. The molecule has 0 saturated heterocycles. The number of furan rings is 1. The molecular weight excluding hydrogens is 270 g/mol. The lowest BCUT2D eigenvalue weighted by molar-refractivity contribution is -0.387. The second-order valence-electron chi connectivity index (χ2n) is 3.75. The van der Waals surface area contributed by atoms with Crippen molar-refractivity contribution >= 4 is 23.4 Å². The van der Waals surface area contributed by atoms with Crippen LogP contribution in [0.15, 0.2) is 44.7 Å². The normalized spacial score (nSPS) is 10.4. The number of nitro benzene ring substituents is 1. The van der Waals surface area contributed by atoms with Crippen LogP contribution < -0.4 is 0 Å². The van der Waals surface area contributed by atoms with Crippen LogP contribution in [0.4, 0.5) is 5.69 Å². The van der Waals surface area contributed by atoms with Gasteiger partial charge in [0, 0.05) is 6.07 Å². The van der Waals surface area contributed by atoms with Gasteiger partial charge in [0.1, 0.15) is 0 Å². The van der Waals surface area contributed by atoms with Crippen molar-refractivity contribution in [2.24, 2.45) is 0 Å². The monoisotopic (exact) mass is 279 g/mol. The molecule has 1 aromatic carbocycles. The Morgan fingerprint density at radius 2 is 2.11 bits per heavy atom. The molecule has 0 fully saturated rings. The van der Waals surface area contributed by atoms with Crippen LogP contribution in [0.25, 0.3) is 0 Å². The van der Waals surface area contributed by atoms with Crippen molar-refractivity contribution < 1.29 is 19.2 Å². The van der Waals surface area contributed by atoms with Gasteiger partial charge >= 0.3 is 5.97 Å². The van der Waals surface area contributed by atoms with E-state index in [1.54, 1.807) is 19.1 Å². The van der Waals surface area contributed by atoms with Crippen molar-refractivity contribution in [3.63, 3.8) is 0 Å². The van der Waals surface area contributed by atoms with E-state index in [9.17, 15) is 14.9 Å². The van der Waals surface area contributed by atoms with E-state index in [1.165, 1.54) is 18.2 Å². The maximum atomic E-state index is 10.9. The zero-order valence-corrected chi connectivity index (χ0v) is 10.6. The highest BCUT2D eigenvalue weighted by Gasteiger charge is 2.17. The van der Waals surface area contributed by atoms with Crippen molar-refractivity contribution in [3.05, 3.63) is 51.8 Å². The van der Waals surface area contributed by atoms with Gasteiger partial charge in [-0.05, 0) is 42.4 Å². The minimum Gasteiger partial charge on any atom is -0.475 e. The number of nitro groups is 1. The van der Waals surface area contributed by atoms with Gasteiger partial charge in [-0.1, -0.05) is 6.07 Å². The molecule has 0 unspecified atom stereocenters. The third kappa shape index (κ3) is 2.94. The van der Waals surface area contributed by atoms with Crippen molar-refractivity contribution in [2.75, 3.05) is 0 Å². The molecule has 1 aromatic heterocycles. The molecule has 0 radical (unpaired) electrons. The number of aromatic carboxylic acids is 1. The Bertz CT molecular complexity index is 649. The fourth-order valence-corrected chi connectivity index (χ4v) is 2.31. The second kappa shape index (κ2) is 5.15. The van der Waals surface area contributed by atoms with Gasteiger partial charge in [0.2, 0.25) is 5.76 Å². The second-order valence-corrected chi connectivity index (χ2v) is 4.80. The molecule has 0 amide bonds. The van der Waals surface area contributed by atoms with E-state index >= 15 is 0 Å². The number of carboxylic acids is 1. The predicted octanol–water partition coefficient (Wildman–Crippen LogP) is 3.35. The van der Waals surface area contributed by atoms with E-state index in [0.29, 0.717) is 9.99 Å². The van der Waals surface area contributed by atoms with E-state index in [0.717, 1.165) is 17.3 Å². The van der Waals surface area contributed by atoms with Crippen LogP contribution in [0.5, 0.6) is 0 Å². The Kier molecular flexibility index (Phi) is 3.57. The first-order valence-electron chi connectivity index (χ1n) is 5.23. The molecule has 2 rings (SSSR count). The standard InChI is InChI=1S/C12H9NO5S/c1-7-2-4-10(8(6-7)13(16)17)19-11-5-3-9(18-11)12(14)15/h2-6H,1H3,(H,14,15). The van der Waals surface area contributed by atoms with Crippen LogP contribution in [0.3, 0.4) is 0 Å². The quantitative estimate of drug-likeness (QED) is 0.681. The summed E-state index contributed by atoms with van der Waals surface area (Å²) in [5.41, 5.74) is 0.750. The highest BCUT2D eigenvalue weighted by molar-refractivity contribution is 7.99. The molecule has 19 heavy (non-hydrogen) atoms. The largest absolute Gasteiger partial charge is 0.475 e. The van der Waals surface area contributed by atoms with Gasteiger partial charge in [-0.15, -0.1) is 0 Å². The summed E-state index contributed by atoms with van der Waals surface area (Å²) in [5.74, 6) is -1.37. The SMILES string of the molecule is Cc1ccc(Sc2ccc(C(=O)O)o2)c([N+](=O)[O-])c1. The van der Waals surface area contributed by atoms with E-state index in [-0.39, 0.29) is 11.4 Å². The molecular formula is C12H9NO5S. The molecule has 0 spiro atoms. The molecule has 1 N–H and O–H groups in total. The lowest BCUT2D eigenvalue weighted by Gasteiger charge is -2.01. The summed E-state index contributed by atoms with van der Waals surface area (Å²) in [6.45, 7) is 1.76. The Balaban J connectivity index is 2.32. The smallest absolute Gasteiger partial charge is 0.371 e. The Labute approximate surface area is 112 Å². The number of hydrogen-bond acceptors (Lipinski definition) is 5. The molecule has 98 valence electrons. The third-order valence-electron chi connectivity index (χ3n) is 2.31. The molecule has 2 aromatic rings. The van der Waals surface area contributed by atoms with Crippen LogP contribution in [0.2, 0.25) is 0 Å². The average molecular weight is 279 g/mol. The van der Waals surface area contributed by atoms with Gasteiger partial charge in [0.25, 0.3) is 5.69 Å². The van der Waals surface area contributed by atoms with Crippen molar-refractivity contribution in [2.45, 2.75) is 16.9 Å². The van der Waals surface area contributed by atoms with E-state index < -0.39 is 10.9 Å². The highest BCUT2D eigenvalue weighted by atomic mass is 32.2. The van der Waals surface area contributed by atoms with Crippen LogP contribution in [-0.4, -0.2) is 16.0 Å². The molecule has 6 nitrogen and oxygen atoms in total. The van der Waals surface area contributed by atoms with E-state index in [1.807, 2.05) is 0 Å². The zero-order chi connectivity index (χ0) is 14.0. The first kappa shape index (κ1) is 13.2. The van der Waals surface area contributed by atoms with Gasteiger partial charge in [-0.2, -0.15) is 0 Å². The van der Waals surface area contributed by atoms with E-state index in [4.69, 9.17) is 9.52 Å².